The topological polar surface area (TPSA) is 68.0 Å². The molecule has 1 amide bonds. The first-order valence-electron chi connectivity index (χ1n) is 10.8. The van der Waals surface area contributed by atoms with E-state index in [0.29, 0.717) is 17.7 Å². The van der Waals surface area contributed by atoms with Crippen LogP contribution in [0.2, 0.25) is 0 Å². The molecule has 0 bridgehead atoms. The predicted molar refractivity (Wildman–Crippen MR) is 117 cm³/mol. The van der Waals surface area contributed by atoms with Crippen LogP contribution in [0.5, 0.6) is 0 Å². The number of aromatic nitrogens is 4. The molecule has 1 aliphatic heterocycles. The van der Waals surface area contributed by atoms with E-state index >= 15 is 0 Å². The van der Waals surface area contributed by atoms with Crippen LogP contribution in [-0.4, -0.2) is 49.5 Å². The summed E-state index contributed by atoms with van der Waals surface area (Å²) in [4.78, 5) is 14.7. The normalized spacial score (nSPS) is 16.4. The lowest BCUT2D eigenvalue weighted by molar-refractivity contribution is -0.122. The number of benzene rings is 1. The van der Waals surface area contributed by atoms with Crippen molar-refractivity contribution < 1.29 is 9.18 Å². The van der Waals surface area contributed by atoms with Gasteiger partial charge < -0.3 is 5.32 Å². The lowest BCUT2D eigenvalue weighted by atomic mass is 10.0. The van der Waals surface area contributed by atoms with Crippen molar-refractivity contribution in [1.82, 2.24) is 29.8 Å². The quantitative estimate of drug-likeness (QED) is 0.633. The number of carbonyl (C=O) groups excluding carboxylic acids is 1. The molecular formula is C23H29FN6O. The van der Waals surface area contributed by atoms with Crippen LogP contribution in [0.25, 0.3) is 11.3 Å². The van der Waals surface area contributed by atoms with E-state index in [0.717, 1.165) is 38.2 Å². The Labute approximate surface area is 181 Å². The zero-order chi connectivity index (χ0) is 21.8. The molecule has 0 unspecified atom stereocenters. The summed E-state index contributed by atoms with van der Waals surface area (Å²) in [5, 5.41) is 11.9. The zero-order valence-corrected chi connectivity index (χ0v) is 18.0. The molecule has 7 nitrogen and oxygen atoms in total. The number of aryl methyl sites for hydroxylation is 1. The highest BCUT2D eigenvalue weighted by molar-refractivity contribution is 5.76. The van der Waals surface area contributed by atoms with E-state index in [4.69, 9.17) is 0 Å². The molecule has 1 atom stereocenters. The monoisotopic (exact) mass is 424 g/mol. The largest absolute Gasteiger partial charge is 0.353 e. The van der Waals surface area contributed by atoms with Crippen molar-refractivity contribution >= 4 is 5.91 Å². The van der Waals surface area contributed by atoms with Crippen LogP contribution >= 0.6 is 0 Å². The van der Waals surface area contributed by atoms with Gasteiger partial charge in [0.1, 0.15) is 5.82 Å². The molecule has 0 saturated carbocycles. The summed E-state index contributed by atoms with van der Waals surface area (Å²) in [6.45, 7) is 4.56. The molecule has 8 heteroatoms. The predicted octanol–water partition coefficient (Wildman–Crippen LogP) is 3.15. The van der Waals surface area contributed by atoms with Gasteiger partial charge in [-0.3, -0.25) is 19.1 Å². The number of nitrogens with one attached hydrogen (secondary N) is 1. The highest BCUT2D eigenvalue weighted by Crippen LogP contribution is 2.23. The molecule has 3 aromatic rings. The van der Waals surface area contributed by atoms with Crippen LogP contribution in [0.1, 0.15) is 37.9 Å². The molecule has 1 fully saturated rings. The van der Waals surface area contributed by atoms with Gasteiger partial charge in [-0.2, -0.15) is 10.2 Å². The van der Waals surface area contributed by atoms with E-state index in [-0.39, 0.29) is 23.8 Å². The third-order valence-corrected chi connectivity index (χ3v) is 5.92. The van der Waals surface area contributed by atoms with Crippen molar-refractivity contribution in [2.45, 2.75) is 44.8 Å². The fraction of sp³-hybridized carbons (Fsp3) is 0.435. The van der Waals surface area contributed by atoms with E-state index in [1.54, 1.807) is 18.3 Å². The minimum atomic E-state index is -0.259. The average molecular weight is 425 g/mol. The Morgan fingerprint density at radius 2 is 2.03 bits per heavy atom. The highest BCUT2D eigenvalue weighted by atomic mass is 19.1. The second kappa shape index (κ2) is 9.43. The first-order valence-corrected chi connectivity index (χ1v) is 10.8. The fourth-order valence-electron chi connectivity index (χ4n) is 4.11. The number of rotatable bonds is 7. The second-order valence-electron chi connectivity index (χ2n) is 8.28. The third-order valence-electron chi connectivity index (χ3n) is 5.92. The molecular weight excluding hydrogens is 395 g/mol. The van der Waals surface area contributed by atoms with Crippen molar-refractivity contribution in [1.29, 1.82) is 0 Å². The van der Waals surface area contributed by atoms with Crippen molar-refractivity contribution in [3.8, 4) is 11.3 Å². The summed E-state index contributed by atoms with van der Waals surface area (Å²) in [5.41, 5.74) is 2.23. The molecule has 0 aliphatic carbocycles. The van der Waals surface area contributed by atoms with Gasteiger partial charge in [0.05, 0.1) is 17.4 Å². The van der Waals surface area contributed by atoms with E-state index < -0.39 is 0 Å². The molecule has 164 valence electrons. The van der Waals surface area contributed by atoms with Gasteiger partial charge in [-0.1, -0.05) is 12.1 Å². The highest BCUT2D eigenvalue weighted by Gasteiger charge is 2.23. The number of likely N-dealkylation sites (tertiary alicyclic amines) is 1. The van der Waals surface area contributed by atoms with Crippen LogP contribution in [0.4, 0.5) is 4.39 Å². The Kier molecular flexibility index (Phi) is 6.46. The van der Waals surface area contributed by atoms with Crippen molar-refractivity contribution in [3.63, 3.8) is 0 Å². The van der Waals surface area contributed by atoms with Crippen molar-refractivity contribution in [3.05, 3.63) is 60.3 Å². The van der Waals surface area contributed by atoms with Gasteiger partial charge in [0, 0.05) is 57.1 Å². The first-order chi connectivity index (χ1) is 15.0. The van der Waals surface area contributed by atoms with Crippen molar-refractivity contribution in [2.75, 3.05) is 13.1 Å². The maximum absolute atomic E-state index is 14.1. The molecule has 0 radical (unpaired) electrons. The molecule has 31 heavy (non-hydrogen) atoms. The number of nitrogens with zero attached hydrogens (tertiary/aromatic N) is 5. The number of hydrogen-bond donors (Lipinski definition) is 1. The van der Waals surface area contributed by atoms with Crippen LogP contribution in [0.15, 0.2) is 48.8 Å². The average Bonchev–Trinajstić information content (AvgIpc) is 3.40. The van der Waals surface area contributed by atoms with Gasteiger partial charge in [-0.25, -0.2) is 4.39 Å². The zero-order valence-electron chi connectivity index (χ0n) is 18.0. The summed E-state index contributed by atoms with van der Waals surface area (Å²) in [5.74, 6) is -0.187. The van der Waals surface area contributed by atoms with Gasteiger partial charge in [-0.05, 0) is 44.0 Å². The van der Waals surface area contributed by atoms with Crippen LogP contribution in [-0.2, 0) is 18.4 Å². The van der Waals surface area contributed by atoms with Gasteiger partial charge in [0.2, 0.25) is 5.91 Å². The number of amides is 1. The maximum Gasteiger partial charge on any atom is 0.222 e. The number of carbonyl (C=O) groups is 1. The van der Waals surface area contributed by atoms with Crippen LogP contribution in [0.3, 0.4) is 0 Å². The SMILES string of the molecule is C[C@H](CC(=O)NC1CCN(Cc2cc(-c3ccccc3F)nn2C)CC1)n1cccn1. The second-order valence-corrected chi connectivity index (χ2v) is 8.28. The molecule has 0 spiro atoms. The molecule has 1 aliphatic rings. The molecule has 2 aromatic heterocycles. The van der Waals surface area contributed by atoms with E-state index in [1.165, 1.54) is 6.07 Å². The molecule has 1 aromatic carbocycles. The Morgan fingerprint density at radius 3 is 2.74 bits per heavy atom. The lowest BCUT2D eigenvalue weighted by Gasteiger charge is -2.32. The van der Waals surface area contributed by atoms with Crippen molar-refractivity contribution in [2.24, 2.45) is 7.05 Å². The van der Waals surface area contributed by atoms with Crippen LogP contribution < -0.4 is 5.32 Å². The number of hydrogen-bond acceptors (Lipinski definition) is 4. The molecule has 4 rings (SSSR count). The van der Waals surface area contributed by atoms with Crippen LogP contribution in [0, 0.1) is 5.82 Å². The van der Waals surface area contributed by atoms with Gasteiger partial charge in [0.25, 0.3) is 0 Å². The summed E-state index contributed by atoms with van der Waals surface area (Å²) in [6.07, 6.45) is 5.87. The maximum atomic E-state index is 14.1. The Morgan fingerprint density at radius 1 is 1.26 bits per heavy atom. The smallest absolute Gasteiger partial charge is 0.222 e. The van der Waals surface area contributed by atoms with Gasteiger partial charge in [-0.15, -0.1) is 0 Å². The minimum Gasteiger partial charge on any atom is -0.353 e. The molecule has 1 N–H and O–H groups in total. The van der Waals surface area contributed by atoms with E-state index in [9.17, 15) is 9.18 Å². The Hall–Kier alpha value is -3.00. The lowest BCUT2D eigenvalue weighted by Crippen LogP contribution is -2.44. The third kappa shape index (κ3) is 5.19. The summed E-state index contributed by atoms with van der Waals surface area (Å²) >= 11 is 0. The number of halogens is 1. The van der Waals surface area contributed by atoms with Gasteiger partial charge >= 0.3 is 0 Å². The standard InChI is InChI=1S/C23H29FN6O/c1-17(30-11-5-10-25-30)14-23(31)26-18-8-12-29(13-9-18)16-19-15-22(27-28(19)2)20-6-3-4-7-21(20)24/h3-7,10-11,15,17-18H,8-9,12-14,16H2,1-2H3,(H,26,31)/t17-/m1/s1. The van der Waals surface area contributed by atoms with E-state index in [2.05, 4.69) is 20.4 Å². The van der Waals surface area contributed by atoms with E-state index in [1.807, 2.05) is 47.7 Å². The number of piperidine rings is 1. The molecule has 3 heterocycles. The summed E-state index contributed by atoms with van der Waals surface area (Å²) in [7, 11) is 1.90. The fourth-order valence-corrected chi connectivity index (χ4v) is 4.11. The van der Waals surface area contributed by atoms with Gasteiger partial charge in [0.15, 0.2) is 0 Å². The summed E-state index contributed by atoms with van der Waals surface area (Å²) < 4.78 is 17.7. The first kappa shape index (κ1) is 21.2. The minimum absolute atomic E-state index is 0.0450. The Bertz CT molecular complexity index is 1010. The molecule has 1 saturated heterocycles. The summed E-state index contributed by atoms with van der Waals surface area (Å²) in [6, 6.07) is 10.8. The Balaban J connectivity index is 1.27.